The normalized spacial score (nSPS) is 10.7. The molecule has 2 rings (SSSR count). The number of furan rings is 1. The van der Waals surface area contributed by atoms with Crippen LogP contribution in [0.2, 0.25) is 10.3 Å². The number of pyridine rings is 1. The van der Waals surface area contributed by atoms with E-state index in [2.05, 4.69) is 10.3 Å². The number of thioether (sulfide) groups is 1. The van der Waals surface area contributed by atoms with Crippen LogP contribution in [0.1, 0.15) is 17.1 Å². The largest absolute Gasteiger partial charge is 0.463 e. The van der Waals surface area contributed by atoms with Crippen molar-refractivity contribution < 1.29 is 4.42 Å². The van der Waals surface area contributed by atoms with E-state index in [1.54, 1.807) is 17.8 Å². The molecule has 0 bridgehead atoms. The van der Waals surface area contributed by atoms with E-state index in [9.17, 15) is 0 Å². The van der Waals surface area contributed by atoms with E-state index in [1.807, 2.05) is 25.3 Å². The lowest BCUT2D eigenvalue weighted by atomic mass is 10.2. The Morgan fingerprint density at radius 3 is 2.74 bits per heavy atom. The molecule has 0 atom stereocenters. The molecule has 0 aliphatic rings. The summed E-state index contributed by atoms with van der Waals surface area (Å²) in [6, 6.07) is 5.73. The number of nitrogens with one attached hydrogen (secondary N) is 1. The molecule has 102 valence electrons. The van der Waals surface area contributed by atoms with Crippen molar-refractivity contribution in [3.05, 3.63) is 45.6 Å². The first-order valence-electron chi connectivity index (χ1n) is 5.73. The summed E-state index contributed by atoms with van der Waals surface area (Å²) in [5.74, 6) is 2.72. The summed E-state index contributed by atoms with van der Waals surface area (Å²) in [6.45, 7) is 2.50. The van der Waals surface area contributed by atoms with Gasteiger partial charge in [-0.25, -0.2) is 4.98 Å². The Balaban J connectivity index is 2.05. The fourth-order valence-corrected chi connectivity index (χ4v) is 2.76. The zero-order chi connectivity index (χ0) is 13.8. The average molecular weight is 317 g/mol. The topological polar surface area (TPSA) is 38.1 Å². The number of rotatable bonds is 5. The van der Waals surface area contributed by atoms with Crippen LogP contribution in [0, 0.1) is 6.92 Å². The number of anilines is 1. The van der Waals surface area contributed by atoms with Gasteiger partial charge in [-0.3, -0.25) is 0 Å². The molecule has 0 amide bonds. The van der Waals surface area contributed by atoms with E-state index in [0.29, 0.717) is 16.9 Å². The second-order valence-electron chi connectivity index (χ2n) is 4.08. The molecule has 6 heteroatoms. The number of aromatic nitrogens is 1. The van der Waals surface area contributed by atoms with Gasteiger partial charge in [0.15, 0.2) is 5.15 Å². The van der Waals surface area contributed by atoms with E-state index in [1.165, 1.54) is 0 Å². The van der Waals surface area contributed by atoms with Gasteiger partial charge < -0.3 is 9.73 Å². The summed E-state index contributed by atoms with van der Waals surface area (Å²) in [6.07, 6.45) is 2.04. The Labute approximate surface area is 126 Å². The molecule has 3 nitrogen and oxygen atoms in total. The fourth-order valence-electron chi connectivity index (χ4n) is 1.72. The Hall–Kier alpha value is -0.840. The molecule has 0 radical (unpaired) electrons. The lowest BCUT2D eigenvalue weighted by Crippen LogP contribution is -2.02. The van der Waals surface area contributed by atoms with Crippen molar-refractivity contribution >= 4 is 40.7 Å². The zero-order valence-corrected chi connectivity index (χ0v) is 13.0. The summed E-state index contributed by atoms with van der Waals surface area (Å²) in [5.41, 5.74) is 1.75. The highest BCUT2D eigenvalue weighted by atomic mass is 35.5. The number of hydrogen-bond acceptors (Lipinski definition) is 4. The minimum Gasteiger partial charge on any atom is -0.463 e. The van der Waals surface area contributed by atoms with Crippen molar-refractivity contribution in [1.29, 1.82) is 0 Å². The van der Waals surface area contributed by atoms with Gasteiger partial charge in [-0.15, -0.1) is 0 Å². The van der Waals surface area contributed by atoms with Crippen molar-refractivity contribution in [2.45, 2.75) is 19.2 Å². The molecule has 0 aromatic carbocycles. The molecule has 2 aromatic heterocycles. The molecular weight excluding hydrogens is 303 g/mol. The SMILES string of the molecule is CSCc1ccc(CNc2c(C)cc(Cl)nc2Cl)o1. The van der Waals surface area contributed by atoms with Gasteiger partial charge in [0.05, 0.1) is 18.0 Å². The fraction of sp³-hybridized carbons (Fsp3) is 0.308. The molecule has 0 saturated carbocycles. The van der Waals surface area contributed by atoms with Crippen molar-refractivity contribution in [1.82, 2.24) is 4.98 Å². The van der Waals surface area contributed by atoms with Crippen molar-refractivity contribution in [3.63, 3.8) is 0 Å². The van der Waals surface area contributed by atoms with Crippen LogP contribution in [-0.4, -0.2) is 11.2 Å². The summed E-state index contributed by atoms with van der Waals surface area (Å²) in [4.78, 5) is 4.02. The van der Waals surface area contributed by atoms with Crippen molar-refractivity contribution in [3.8, 4) is 0 Å². The van der Waals surface area contributed by atoms with E-state index < -0.39 is 0 Å². The van der Waals surface area contributed by atoms with Crippen molar-refractivity contribution in [2.75, 3.05) is 11.6 Å². The van der Waals surface area contributed by atoms with E-state index in [-0.39, 0.29) is 0 Å². The molecule has 0 saturated heterocycles. The van der Waals surface area contributed by atoms with Crippen LogP contribution in [0.15, 0.2) is 22.6 Å². The molecule has 0 aliphatic carbocycles. The Bertz CT molecular complexity index is 549. The van der Waals surface area contributed by atoms with Gasteiger partial charge in [-0.2, -0.15) is 11.8 Å². The van der Waals surface area contributed by atoms with Gasteiger partial charge in [0, 0.05) is 0 Å². The highest BCUT2D eigenvalue weighted by Gasteiger charge is 2.08. The summed E-state index contributed by atoms with van der Waals surface area (Å²) in [5, 5.41) is 4.00. The second kappa shape index (κ2) is 6.55. The first-order chi connectivity index (χ1) is 9.10. The third-order valence-electron chi connectivity index (χ3n) is 2.58. The number of halogens is 2. The standard InChI is InChI=1S/C13H14Cl2N2OS/c1-8-5-11(14)17-13(15)12(8)16-6-9-3-4-10(18-9)7-19-2/h3-5,16H,6-7H2,1-2H3. The second-order valence-corrected chi connectivity index (χ2v) is 5.69. The molecule has 2 aromatic rings. The predicted octanol–water partition coefficient (Wildman–Crippen LogP) is 4.76. The number of hydrogen-bond donors (Lipinski definition) is 1. The first-order valence-corrected chi connectivity index (χ1v) is 7.88. The lowest BCUT2D eigenvalue weighted by Gasteiger charge is -2.10. The van der Waals surface area contributed by atoms with Gasteiger partial charge in [-0.1, -0.05) is 23.2 Å². The van der Waals surface area contributed by atoms with Gasteiger partial charge in [-0.05, 0) is 36.9 Å². The van der Waals surface area contributed by atoms with Crippen LogP contribution in [0.4, 0.5) is 5.69 Å². The Morgan fingerprint density at radius 2 is 2.05 bits per heavy atom. The highest BCUT2D eigenvalue weighted by molar-refractivity contribution is 7.97. The predicted molar refractivity (Wildman–Crippen MR) is 82.2 cm³/mol. The molecular formula is C13H14Cl2N2OS. The molecule has 0 spiro atoms. The van der Waals surface area contributed by atoms with Gasteiger partial charge in [0.1, 0.15) is 16.7 Å². The molecule has 0 unspecified atom stereocenters. The molecule has 0 aliphatic heterocycles. The summed E-state index contributed by atoms with van der Waals surface area (Å²) in [7, 11) is 0. The Kier molecular flexibility index (Phi) is 5.02. The lowest BCUT2D eigenvalue weighted by molar-refractivity contribution is 0.487. The molecule has 19 heavy (non-hydrogen) atoms. The van der Waals surface area contributed by atoms with Gasteiger partial charge >= 0.3 is 0 Å². The van der Waals surface area contributed by atoms with Crippen molar-refractivity contribution in [2.24, 2.45) is 0 Å². The maximum absolute atomic E-state index is 6.06. The molecule has 0 fully saturated rings. The minimum atomic E-state index is 0.376. The smallest absolute Gasteiger partial charge is 0.154 e. The molecule has 2 heterocycles. The van der Waals surface area contributed by atoms with Crippen LogP contribution < -0.4 is 5.32 Å². The van der Waals surface area contributed by atoms with Crippen LogP contribution in [0.3, 0.4) is 0 Å². The first kappa shape index (κ1) is 14.6. The maximum atomic E-state index is 6.06. The Morgan fingerprint density at radius 1 is 1.32 bits per heavy atom. The number of aryl methyl sites for hydroxylation is 1. The van der Waals surface area contributed by atoms with E-state index in [4.69, 9.17) is 27.6 Å². The monoisotopic (exact) mass is 316 g/mol. The third kappa shape index (κ3) is 3.81. The number of nitrogens with zero attached hydrogens (tertiary/aromatic N) is 1. The summed E-state index contributed by atoms with van der Waals surface area (Å²) < 4.78 is 5.68. The maximum Gasteiger partial charge on any atom is 0.154 e. The molecule has 1 N–H and O–H groups in total. The van der Waals surface area contributed by atoms with Gasteiger partial charge in [0.2, 0.25) is 0 Å². The summed E-state index contributed by atoms with van der Waals surface area (Å²) >= 11 is 13.6. The minimum absolute atomic E-state index is 0.376. The van der Waals surface area contributed by atoms with Crippen LogP contribution in [0.25, 0.3) is 0 Å². The van der Waals surface area contributed by atoms with E-state index >= 15 is 0 Å². The van der Waals surface area contributed by atoms with Crippen LogP contribution in [-0.2, 0) is 12.3 Å². The van der Waals surface area contributed by atoms with Crippen LogP contribution in [0.5, 0.6) is 0 Å². The van der Waals surface area contributed by atoms with Gasteiger partial charge in [0.25, 0.3) is 0 Å². The zero-order valence-electron chi connectivity index (χ0n) is 10.7. The van der Waals surface area contributed by atoms with Crippen LogP contribution >= 0.6 is 35.0 Å². The average Bonchev–Trinajstić information content (AvgIpc) is 2.76. The van der Waals surface area contributed by atoms with E-state index in [0.717, 1.165) is 28.5 Å². The highest BCUT2D eigenvalue weighted by Crippen LogP contribution is 2.27. The third-order valence-corrected chi connectivity index (χ3v) is 3.62. The quantitative estimate of drug-likeness (QED) is 0.807.